The Labute approximate surface area is 128 Å². The number of aromatic nitrogens is 4. The van der Waals surface area contributed by atoms with Crippen LogP contribution < -0.4 is 14.7 Å². The lowest BCUT2D eigenvalue weighted by Crippen LogP contribution is -2.46. The van der Waals surface area contributed by atoms with E-state index in [2.05, 4.69) is 30.0 Å². The Hall–Kier alpha value is -1.96. The van der Waals surface area contributed by atoms with E-state index in [0.717, 1.165) is 48.1 Å². The Morgan fingerprint density at radius 3 is 2.43 bits per heavy atom. The van der Waals surface area contributed by atoms with Gasteiger partial charge in [-0.25, -0.2) is 4.98 Å². The third kappa shape index (κ3) is 3.05. The first kappa shape index (κ1) is 14.0. The average molecular weight is 305 g/mol. The zero-order valence-corrected chi connectivity index (χ0v) is 13.3. The molecule has 0 spiro atoms. The molecule has 0 aromatic carbocycles. The van der Waals surface area contributed by atoms with Crippen LogP contribution in [-0.2, 0) is 0 Å². The molecule has 21 heavy (non-hydrogen) atoms. The molecular formula is C13H19N7S. The second-order valence-corrected chi connectivity index (χ2v) is 6.35. The molecule has 0 radical (unpaired) electrons. The normalized spacial score (nSPS) is 15.4. The summed E-state index contributed by atoms with van der Waals surface area (Å²) >= 11 is 1.65. The lowest BCUT2D eigenvalue weighted by Gasteiger charge is -2.35. The van der Waals surface area contributed by atoms with Gasteiger partial charge in [-0.15, -0.1) is 10.2 Å². The van der Waals surface area contributed by atoms with E-state index in [9.17, 15) is 0 Å². The van der Waals surface area contributed by atoms with Gasteiger partial charge in [0, 0.05) is 46.5 Å². The van der Waals surface area contributed by atoms with Gasteiger partial charge in [0.05, 0.1) is 0 Å². The molecule has 7 nitrogen and oxygen atoms in total. The smallest absolute Gasteiger partial charge is 0.226 e. The largest absolute Gasteiger partial charge is 0.353 e. The van der Waals surface area contributed by atoms with Crippen LogP contribution in [0.2, 0.25) is 0 Å². The monoisotopic (exact) mass is 305 g/mol. The summed E-state index contributed by atoms with van der Waals surface area (Å²) in [7, 11) is 3.91. The maximum absolute atomic E-state index is 4.59. The maximum atomic E-state index is 4.59. The first-order chi connectivity index (χ1) is 10.1. The fourth-order valence-corrected chi connectivity index (χ4v) is 3.01. The lowest BCUT2D eigenvalue weighted by atomic mass is 10.3. The molecule has 2 aromatic rings. The topological polar surface area (TPSA) is 61.3 Å². The molecule has 0 amide bonds. The van der Waals surface area contributed by atoms with Crippen molar-refractivity contribution in [3.8, 4) is 0 Å². The minimum Gasteiger partial charge on any atom is -0.353 e. The van der Waals surface area contributed by atoms with Gasteiger partial charge in [0.25, 0.3) is 0 Å². The van der Waals surface area contributed by atoms with Crippen molar-refractivity contribution in [1.29, 1.82) is 0 Å². The number of rotatable bonds is 3. The highest BCUT2D eigenvalue weighted by atomic mass is 32.1. The molecule has 112 valence electrons. The van der Waals surface area contributed by atoms with Crippen molar-refractivity contribution >= 4 is 28.2 Å². The number of hydrogen-bond acceptors (Lipinski definition) is 8. The SMILES string of the molecule is Cc1nnc(N2CCN(c3ccnc(N(C)C)n3)CC2)s1. The Bertz CT molecular complexity index is 604. The van der Waals surface area contributed by atoms with E-state index in [0.29, 0.717) is 0 Å². The van der Waals surface area contributed by atoms with Crippen LogP contribution in [-0.4, -0.2) is 60.4 Å². The molecule has 1 aliphatic rings. The highest BCUT2D eigenvalue weighted by Crippen LogP contribution is 2.22. The minimum absolute atomic E-state index is 0.745. The van der Waals surface area contributed by atoms with Gasteiger partial charge in [0.1, 0.15) is 10.8 Å². The quantitative estimate of drug-likeness (QED) is 0.839. The molecule has 1 aliphatic heterocycles. The molecule has 8 heteroatoms. The van der Waals surface area contributed by atoms with Gasteiger partial charge in [-0.2, -0.15) is 4.98 Å². The van der Waals surface area contributed by atoms with E-state index < -0.39 is 0 Å². The predicted molar refractivity (Wildman–Crippen MR) is 85.4 cm³/mol. The molecule has 0 unspecified atom stereocenters. The van der Waals surface area contributed by atoms with Gasteiger partial charge in [-0.3, -0.25) is 0 Å². The van der Waals surface area contributed by atoms with Crippen LogP contribution >= 0.6 is 11.3 Å². The van der Waals surface area contributed by atoms with Gasteiger partial charge >= 0.3 is 0 Å². The molecule has 3 heterocycles. The maximum Gasteiger partial charge on any atom is 0.226 e. The van der Waals surface area contributed by atoms with Crippen molar-refractivity contribution < 1.29 is 0 Å². The summed E-state index contributed by atoms with van der Waals surface area (Å²) in [6, 6.07) is 1.97. The summed E-state index contributed by atoms with van der Waals surface area (Å²) < 4.78 is 0. The Morgan fingerprint density at radius 2 is 1.81 bits per heavy atom. The molecule has 3 rings (SSSR count). The number of piperazine rings is 1. The predicted octanol–water partition coefficient (Wildman–Crippen LogP) is 1.03. The minimum atomic E-state index is 0.745. The number of hydrogen-bond donors (Lipinski definition) is 0. The van der Waals surface area contributed by atoms with E-state index in [4.69, 9.17) is 0 Å². The fraction of sp³-hybridized carbons (Fsp3) is 0.538. The highest BCUT2D eigenvalue weighted by Gasteiger charge is 2.21. The molecule has 0 saturated carbocycles. The third-order valence-corrected chi connectivity index (χ3v) is 4.32. The van der Waals surface area contributed by atoms with Gasteiger partial charge in [-0.1, -0.05) is 11.3 Å². The summed E-state index contributed by atoms with van der Waals surface area (Å²) in [5, 5.41) is 10.3. The van der Waals surface area contributed by atoms with Crippen LogP contribution in [0.3, 0.4) is 0 Å². The first-order valence-electron chi connectivity index (χ1n) is 6.94. The number of nitrogens with zero attached hydrogens (tertiary/aromatic N) is 7. The van der Waals surface area contributed by atoms with E-state index in [1.807, 2.05) is 38.2 Å². The molecule has 1 saturated heterocycles. The summed E-state index contributed by atoms with van der Waals surface area (Å²) in [6.07, 6.45) is 1.82. The molecule has 0 N–H and O–H groups in total. The molecule has 2 aromatic heterocycles. The van der Waals surface area contributed by atoms with E-state index in [-0.39, 0.29) is 0 Å². The lowest BCUT2D eigenvalue weighted by molar-refractivity contribution is 0.643. The van der Waals surface area contributed by atoms with Crippen molar-refractivity contribution in [2.75, 3.05) is 55.0 Å². The van der Waals surface area contributed by atoms with Crippen molar-refractivity contribution in [3.63, 3.8) is 0 Å². The summed E-state index contributed by atoms with van der Waals surface area (Å²) in [6.45, 7) is 5.73. The van der Waals surface area contributed by atoms with E-state index >= 15 is 0 Å². The van der Waals surface area contributed by atoms with Crippen molar-refractivity contribution in [1.82, 2.24) is 20.2 Å². The van der Waals surface area contributed by atoms with E-state index in [1.54, 1.807) is 11.3 Å². The number of aryl methyl sites for hydroxylation is 1. The van der Waals surface area contributed by atoms with Crippen molar-refractivity contribution in [2.45, 2.75) is 6.92 Å². The zero-order valence-electron chi connectivity index (χ0n) is 12.5. The average Bonchev–Trinajstić information content (AvgIpc) is 2.94. The van der Waals surface area contributed by atoms with Gasteiger partial charge in [0.15, 0.2) is 0 Å². The summed E-state index contributed by atoms with van der Waals surface area (Å²) in [4.78, 5) is 15.4. The molecule has 0 bridgehead atoms. The molecule has 0 aliphatic carbocycles. The zero-order chi connectivity index (χ0) is 14.8. The first-order valence-corrected chi connectivity index (χ1v) is 7.75. The molecule has 0 atom stereocenters. The fourth-order valence-electron chi connectivity index (χ4n) is 2.27. The number of anilines is 3. The Kier molecular flexibility index (Phi) is 3.87. The van der Waals surface area contributed by atoms with Crippen LogP contribution in [0.5, 0.6) is 0 Å². The van der Waals surface area contributed by atoms with E-state index in [1.165, 1.54) is 0 Å². The summed E-state index contributed by atoms with van der Waals surface area (Å²) in [5.74, 6) is 1.73. The van der Waals surface area contributed by atoms with Crippen LogP contribution in [0.25, 0.3) is 0 Å². The van der Waals surface area contributed by atoms with Crippen molar-refractivity contribution in [2.24, 2.45) is 0 Å². The van der Waals surface area contributed by atoms with Gasteiger partial charge in [-0.05, 0) is 13.0 Å². The van der Waals surface area contributed by atoms with Crippen LogP contribution in [0.15, 0.2) is 12.3 Å². The van der Waals surface area contributed by atoms with Crippen LogP contribution in [0.4, 0.5) is 16.9 Å². The third-order valence-electron chi connectivity index (χ3n) is 3.42. The molecule has 1 fully saturated rings. The van der Waals surface area contributed by atoms with Gasteiger partial charge in [0.2, 0.25) is 11.1 Å². The highest BCUT2D eigenvalue weighted by molar-refractivity contribution is 7.15. The van der Waals surface area contributed by atoms with Crippen molar-refractivity contribution in [3.05, 3.63) is 17.3 Å². The second-order valence-electron chi connectivity index (χ2n) is 5.19. The van der Waals surface area contributed by atoms with Crippen LogP contribution in [0.1, 0.15) is 5.01 Å². The Morgan fingerprint density at radius 1 is 1.10 bits per heavy atom. The molecular weight excluding hydrogens is 286 g/mol. The standard InChI is InChI=1S/C13H19N7S/c1-10-16-17-13(21-10)20-8-6-19(7-9-20)11-4-5-14-12(15-11)18(2)3/h4-5H,6-9H2,1-3H3. The van der Waals surface area contributed by atoms with Crippen LogP contribution in [0, 0.1) is 6.92 Å². The van der Waals surface area contributed by atoms with Gasteiger partial charge < -0.3 is 14.7 Å². The summed E-state index contributed by atoms with van der Waals surface area (Å²) in [5.41, 5.74) is 0. The Balaban J connectivity index is 1.67. The second kappa shape index (κ2) is 5.80.